The summed E-state index contributed by atoms with van der Waals surface area (Å²) in [6, 6.07) is 8.81. The maximum atomic E-state index is 9.99. The van der Waals surface area contributed by atoms with Crippen molar-refractivity contribution in [2.75, 3.05) is 26.4 Å². The second kappa shape index (κ2) is 7.26. The first kappa shape index (κ1) is 17.3. The Hall–Kier alpha value is -1.10. The largest absolute Gasteiger partial charge is 0.487 e. The fourth-order valence-corrected chi connectivity index (χ4v) is 4.84. The van der Waals surface area contributed by atoms with Crippen molar-refractivity contribution in [1.29, 1.82) is 0 Å². The van der Waals surface area contributed by atoms with Gasteiger partial charge in [0.1, 0.15) is 11.4 Å². The monoisotopic (exact) mass is 345 g/mol. The fraction of sp³-hybridized carbons (Fsp3) is 0.714. The normalized spacial score (nSPS) is 27.5. The highest BCUT2D eigenvalue weighted by atomic mass is 16.5. The highest BCUT2D eigenvalue weighted by Crippen LogP contribution is 2.46. The zero-order valence-corrected chi connectivity index (χ0v) is 15.1. The van der Waals surface area contributed by atoms with Crippen molar-refractivity contribution in [2.45, 2.75) is 63.0 Å². The Morgan fingerprint density at radius 2 is 1.80 bits per heavy atom. The number of rotatable bonds is 4. The molecule has 1 saturated heterocycles. The van der Waals surface area contributed by atoms with E-state index in [1.54, 1.807) is 0 Å². The van der Waals surface area contributed by atoms with Gasteiger partial charge in [-0.1, -0.05) is 24.6 Å². The first-order valence-electron chi connectivity index (χ1n) is 9.94. The minimum absolute atomic E-state index is 0.00627. The molecule has 0 aromatic heterocycles. The summed E-state index contributed by atoms with van der Waals surface area (Å²) in [7, 11) is 0. The van der Waals surface area contributed by atoms with Crippen molar-refractivity contribution in [3.8, 4) is 5.75 Å². The van der Waals surface area contributed by atoms with Crippen LogP contribution in [-0.2, 0) is 4.74 Å². The second-order valence-corrected chi connectivity index (χ2v) is 8.29. The predicted molar refractivity (Wildman–Crippen MR) is 97.8 cm³/mol. The maximum Gasteiger partial charge on any atom is 0.124 e. The molecule has 1 aromatic rings. The van der Waals surface area contributed by atoms with Gasteiger partial charge < -0.3 is 19.9 Å². The van der Waals surface area contributed by atoms with Gasteiger partial charge in [0.15, 0.2) is 0 Å². The number of ether oxygens (including phenoxy) is 2. The Morgan fingerprint density at radius 3 is 2.56 bits per heavy atom. The van der Waals surface area contributed by atoms with E-state index in [1.165, 1.54) is 37.7 Å². The van der Waals surface area contributed by atoms with Gasteiger partial charge in [-0.15, -0.1) is 0 Å². The first-order chi connectivity index (χ1) is 12.2. The summed E-state index contributed by atoms with van der Waals surface area (Å²) in [6.45, 7) is 2.61. The third kappa shape index (κ3) is 3.57. The summed E-state index contributed by atoms with van der Waals surface area (Å²) in [5, 5.41) is 13.8. The van der Waals surface area contributed by atoms with Crippen LogP contribution in [0, 0.1) is 5.41 Å². The van der Waals surface area contributed by atoms with Gasteiger partial charge in [0.25, 0.3) is 0 Å². The molecule has 2 fully saturated rings. The topological polar surface area (TPSA) is 50.7 Å². The van der Waals surface area contributed by atoms with Gasteiger partial charge >= 0.3 is 0 Å². The molecule has 2 heterocycles. The lowest BCUT2D eigenvalue weighted by Crippen LogP contribution is -2.48. The SMILES string of the molecule is OCC1(CNC2CC3(CCCCC3)Oc3ccccc32)CCOCC1. The van der Waals surface area contributed by atoms with E-state index < -0.39 is 0 Å². The minimum Gasteiger partial charge on any atom is -0.487 e. The van der Waals surface area contributed by atoms with Crippen molar-refractivity contribution in [3.05, 3.63) is 29.8 Å². The third-order valence-electron chi connectivity index (χ3n) is 6.57. The molecule has 0 radical (unpaired) electrons. The Morgan fingerprint density at radius 1 is 1.04 bits per heavy atom. The fourth-order valence-electron chi connectivity index (χ4n) is 4.84. The molecule has 2 N–H and O–H groups in total. The number of hydrogen-bond donors (Lipinski definition) is 2. The molecule has 1 spiro atoms. The zero-order valence-electron chi connectivity index (χ0n) is 15.1. The molecule has 2 aliphatic heterocycles. The highest BCUT2D eigenvalue weighted by Gasteiger charge is 2.42. The van der Waals surface area contributed by atoms with Crippen molar-refractivity contribution >= 4 is 0 Å². The molecule has 3 aliphatic rings. The summed E-state index contributed by atoms with van der Waals surface area (Å²) < 4.78 is 12.0. The molecule has 4 heteroatoms. The van der Waals surface area contributed by atoms with Crippen LogP contribution in [0.4, 0.5) is 0 Å². The summed E-state index contributed by atoms with van der Waals surface area (Å²) in [4.78, 5) is 0. The number of fused-ring (bicyclic) bond motifs is 1. The number of nitrogens with one attached hydrogen (secondary N) is 1. The lowest BCUT2D eigenvalue weighted by molar-refractivity contribution is -0.0257. The van der Waals surface area contributed by atoms with Crippen LogP contribution in [0.25, 0.3) is 0 Å². The van der Waals surface area contributed by atoms with Crippen molar-refractivity contribution in [3.63, 3.8) is 0 Å². The van der Waals surface area contributed by atoms with Crippen LogP contribution in [0.15, 0.2) is 24.3 Å². The van der Waals surface area contributed by atoms with Gasteiger partial charge in [-0.25, -0.2) is 0 Å². The molecule has 1 atom stereocenters. The van der Waals surface area contributed by atoms with Crippen LogP contribution in [0.2, 0.25) is 0 Å². The molecule has 0 bridgehead atoms. The van der Waals surface area contributed by atoms with E-state index in [2.05, 4.69) is 29.6 Å². The van der Waals surface area contributed by atoms with Gasteiger partial charge in [-0.3, -0.25) is 0 Å². The van der Waals surface area contributed by atoms with Gasteiger partial charge in [0.2, 0.25) is 0 Å². The van der Waals surface area contributed by atoms with Gasteiger partial charge in [-0.2, -0.15) is 0 Å². The standard InChI is InChI=1S/C21H31NO3/c23-16-20(10-12-24-13-11-20)15-22-18-14-21(8-4-1-5-9-21)25-19-7-3-2-6-17(18)19/h2-3,6-7,18,22-23H,1,4-5,8-16H2. The average molecular weight is 345 g/mol. The lowest BCUT2D eigenvalue weighted by atomic mass is 9.76. The quantitative estimate of drug-likeness (QED) is 0.875. The van der Waals surface area contributed by atoms with Gasteiger partial charge in [0.05, 0.1) is 6.61 Å². The minimum atomic E-state index is -0.0365. The Labute approximate surface area is 150 Å². The van der Waals surface area contributed by atoms with Crippen molar-refractivity contribution in [2.24, 2.45) is 5.41 Å². The average Bonchev–Trinajstić information content (AvgIpc) is 2.67. The molecule has 1 aromatic carbocycles. The molecule has 0 amide bonds. The Kier molecular flexibility index (Phi) is 5.03. The van der Waals surface area contributed by atoms with Crippen LogP contribution < -0.4 is 10.1 Å². The van der Waals surface area contributed by atoms with E-state index >= 15 is 0 Å². The van der Waals surface area contributed by atoms with E-state index in [-0.39, 0.29) is 17.6 Å². The van der Waals surface area contributed by atoms with Crippen LogP contribution >= 0.6 is 0 Å². The van der Waals surface area contributed by atoms with Crippen molar-refractivity contribution in [1.82, 2.24) is 5.32 Å². The first-order valence-corrected chi connectivity index (χ1v) is 9.94. The Balaban J connectivity index is 1.53. The van der Waals surface area contributed by atoms with E-state index in [1.807, 2.05) is 0 Å². The molecule has 1 saturated carbocycles. The van der Waals surface area contributed by atoms with Crippen LogP contribution in [0.1, 0.15) is 63.0 Å². The molecular formula is C21H31NO3. The maximum absolute atomic E-state index is 9.99. The highest BCUT2D eigenvalue weighted by molar-refractivity contribution is 5.39. The predicted octanol–water partition coefficient (Wildman–Crippen LogP) is 3.59. The van der Waals surface area contributed by atoms with Gasteiger partial charge in [-0.05, 0) is 44.6 Å². The van der Waals surface area contributed by atoms with Crippen molar-refractivity contribution < 1.29 is 14.6 Å². The second-order valence-electron chi connectivity index (χ2n) is 8.29. The summed E-state index contributed by atoms with van der Waals surface area (Å²) in [5.41, 5.74) is 1.25. The van der Waals surface area contributed by atoms with E-state index in [0.717, 1.165) is 44.8 Å². The molecule has 4 rings (SSSR count). The smallest absolute Gasteiger partial charge is 0.124 e. The molecule has 25 heavy (non-hydrogen) atoms. The third-order valence-corrected chi connectivity index (χ3v) is 6.57. The van der Waals surface area contributed by atoms with E-state index in [4.69, 9.17) is 9.47 Å². The van der Waals surface area contributed by atoms with Gasteiger partial charge in [0, 0.05) is 43.2 Å². The number of para-hydroxylation sites is 1. The summed E-state index contributed by atoms with van der Waals surface area (Å²) in [5.74, 6) is 1.05. The van der Waals surface area contributed by atoms with Crippen LogP contribution in [0.5, 0.6) is 5.75 Å². The molecule has 1 aliphatic carbocycles. The molecule has 4 nitrogen and oxygen atoms in total. The molecule has 138 valence electrons. The lowest BCUT2D eigenvalue weighted by Gasteiger charge is -2.46. The zero-order chi connectivity index (χ0) is 17.2. The van der Waals surface area contributed by atoms with Crippen LogP contribution in [-0.4, -0.2) is 37.1 Å². The number of hydrogen-bond acceptors (Lipinski definition) is 4. The molecular weight excluding hydrogens is 314 g/mol. The Bertz CT molecular complexity index is 576. The molecule has 1 unspecified atom stereocenters. The number of aliphatic hydroxyl groups excluding tert-OH is 1. The summed E-state index contributed by atoms with van der Waals surface area (Å²) >= 11 is 0. The van der Waals surface area contributed by atoms with E-state index in [9.17, 15) is 5.11 Å². The number of aliphatic hydroxyl groups is 1. The number of benzene rings is 1. The summed E-state index contributed by atoms with van der Waals surface area (Å²) in [6.07, 6.45) is 9.12. The van der Waals surface area contributed by atoms with E-state index in [0.29, 0.717) is 6.04 Å². The van der Waals surface area contributed by atoms with Crippen LogP contribution in [0.3, 0.4) is 0 Å².